The van der Waals surface area contributed by atoms with Crippen molar-refractivity contribution in [1.82, 2.24) is 4.98 Å². The lowest BCUT2D eigenvalue weighted by atomic mass is 10.1. The number of aromatic nitrogens is 1. The maximum Gasteiger partial charge on any atom is 0.150 e. The van der Waals surface area contributed by atoms with Crippen molar-refractivity contribution in [2.24, 2.45) is 0 Å². The molecule has 1 aliphatic rings. The fraction of sp³-hybridized carbons (Fsp3) is 0.375. The summed E-state index contributed by atoms with van der Waals surface area (Å²) in [6.07, 6.45) is 2.67. The minimum atomic E-state index is -1.27. The van der Waals surface area contributed by atoms with Crippen molar-refractivity contribution < 1.29 is 13.9 Å². The maximum absolute atomic E-state index is 12.9. The molecule has 1 N–H and O–H groups in total. The lowest BCUT2D eigenvalue weighted by molar-refractivity contribution is 0.141. The highest BCUT2D eigenvalue weighted by Gasteiger charge is 2.46. The molecule has 1 fully saturated rings. The fourth-order valence-electron chi connectivity index (χ4n) is 1.22. The standard InChI is InChI=1S/C8H7F2NO/c9-5-3-11-4-6(10)7(5)8(12)1-2-8/h3-4,12H,1-2H2. The summed E-state index contributed by atoms with van der Waals surface area (Å²) >= 11 is 0. The normalized spacial score (nSPS) is 19.2. The van der Waals surface area contributed by atoms with E-state index in [2.05, 4.69) is 4.98 Å². The summed E-state index contributed by atoms with van der Waals surface area (Å²) in [6, 6.07) is 0. The number of pyridine rings is 1. The van der Waals surface area contributed by atoms with Crippen LogP contribution in [0.25, 0.3) is 0 Å². The van der Waals surface area contributed by atoms with Gasteiger partial charge < -0.3 is 5.11 Å². The highest BCUT2D eigenvalue weighted by atomic mass is 19.1. The van der Waals surface area contributed by atoms with Crippen LogP contribution in [0.1, 0.15) is 18.4 Å². The highest BCUT2D eigenvalue weighted by molar-refractivity contribution is 5.27. The molecule has 12 heavy (non-hydrogen) atoms. The van der Waals surface area contributed by atoms with Crippen LogP contribution < -0.4 is 0 Å². The van der Waals surface area contributed by atoms with Crippen molar-refractivity contribution in [3.63, 3.8) is 0 Å². The molecular formula is C8H7F2NO. The topological polar surface area (TPSA) is 33.1 Å². The van der Waals surface area contributed by atoms with Crippen LogP contribution in [0.5, 0.6) is 0 Å². The van der Waals surface area contributed by atoms with E-state index >= 15 is 0 Å². The summed E-state index contributed by atoms with van der Waals surface area (Å²) < 4.78 is 25.8. The molecule has 0 bridgehead atoms. The lowest BCUT2D eigenvalue weighted by Gasteiger charge is -2.08. The molecule has 2 nitrogen and oxygen atoms in total. The molecule has 0 atom stereocenters. The summed E-state index contributed by atoms with van der Waals surface area (Å²) in [7, 11) is 0. The smallest absolute Gasteiger partial charge is 0.150 e. The minimum absolute atomic E-state index is 0.238. The van der Waals surface area contributed by atoms with Gasteiger partial charge in [0, 0.05) is 0 Å². The van der Waals surface area contributed by atoms with Crippen LogP contribution in [-0.4, -0.2) is 10.1 Å². The summed E-state index contributed by atoms with van der Waals surface area (Å²) in [5.41, 5.74) is -1.51. The van der Waals surface area contributed by atoms with Crippen molar-refractivity contribution in [3.8, 4) is 0 Å². The van der Waals surface area contributed by atoms with Gasteiger partial charge in [-0.15, -0.1) is 0 Å². The first kappa shape index (κ1) is 7.61. The second-order valence-corrected chi connectivity index (χ2v) is 3.01. The molecule has 0 aromatic carbocycles. The molecule has 0 saturated heterocycles. The molecule has 64 valence electrons. The number of halogens is 2. The average molecular weight is 171 g/mol. The van der Waals surface area contributed by atoms with Gasteiger partial charge >= 0.3 is 0 Å². The Bertz CT molecular complexity index is 303. The lowest BCUT2D eigenvalue weighted by Crippen LogP contribution is -2.10. The minimum Gasteiger partial charge on any atom is -0.385 e. The van der Waals surface area contributed by atoms with Gasteiger partial charge in [-0.3, -0.25) is 4.98 Å². The largest absolute Gasteiger partial charge is 0.385 e. The predicted octanol–water partition coefficient (Wildman–Crippen LogP) is 1.34. The Hall–Kier alpha value is -1.03. The monoisotopic (exact) mass is 171 g/mol. The van der Waals surface area contributed by atoms with E-state index < -0.39 is 17.2 Å². The molecule has 1 saturated carbocycles. The van der Waals surface area contributed by atoms with Gasteiger partial charge in [0.1, 0.15) is 0 Å². The van der Waals surface area contributed by atoms with Crippen LogP contribution in [0.4, 0.5) is 8.78 Å². The van der Waals surface area contributed by atoms with E-state index in [4.69, 9.17) is 0 Å². The van der Waals surface area contributed by atoms with Crippen molar-refractivity contribution in [2.45, 2.75) is 18.4 Å². The molecule has 0 spiro atoms. The number of hydrogen-bond donors (Lipinski definition) is 1. The first-order valence-corrected chi connectivity index (χ1v) is 3.65. The van der Waals surface area contributed by atoms with Gasteiger partial charge in [0.05, 0.1) is 23.6 Å². The molecule has 0 radical (unpaired) electrons. The number of rotatable bonds is 1. The zero-order chi connectivity index (χ0) is 8.77. The van der Waals surface area contributed by atoms with Crippen LogP contribution >= 0.6 is 0 Å². The third-order valence-corrected chi connectivity index (χ3v) is 2.04. The van der Waals surface area contributed by atoms with E-state index in [1.807, 2.05) is 0 Å². The van der Waals surface area contributed by atoms with Gasteiger partial charge in [-0.25, -0.2) is 8.78 Å². The molecule has 2 rings (SSSR count). The third-order valence-electron chi connectivity index (χ3n) is 2.04. The van der Waals surface area contributed by atoms with Crippen LogP contribution in [0, 0.1) is 11.6 Å². The van der Waals surface area contributed by atoms with Crippen LogP contribution in [-0.2, 0) is 5.60 Å². The Labute approximate surface area is 67.9 Å². The van der Waals surface area contributed by atoms with Gasteiger partial charge in [0.2, 0.25) is 0 Å². The number of hydrogen-bond acceptors (Lipinski definition) is 2. The van der Waals surface area contributed by atoms with Crippen LogP contribution in [0.2, 0.25) is 0 Å². The zero-order valence-corrected chi connectivity index (χ0v) is 6.22. The van der Waals surface area contributed by atoms with E-state index in [1.54, 1.807) is 0 Å². The molecule has 0 unspecified atom stereocenters. The first-order chi connectivity index (χ1) is 5.63. The third kappa shape index (κ3) is 0.992. The molecule has 1 aliphatic carbocycles. The molecule has 1 aromatic heterocycles. The van der Waals surface area contributed by atoms with Gasteiger partial charge in [-0.05, 0) is 12.8 Å². The van der Waals surface area contributed by atoms with Crippen molar-refractivity contribution in [3.05, 3.63) is 29.6 Å². The van der Waals surface area contributed by atoms with Gasteiger partial charge in [-0.2, -0.15) is 0 Å². The molecule has 1 aromatic rings. The maximum atomic E-state index is 12.9. The second-order valence-electron chi connectivity index (χ2n) is 3.01. The summed E-state index contributed by atoms with van der Waals surface area (Å²) in [6.45, 7) is 0. The Morgan fingerprint density at radius 3 is 2.17 bits per heavy atom. The number of nitrogens with zero attached hydrogens (tertiary/aromatic N) is 1. The average Bonchev–Trinajstić information content (AvgIpc) is 2.68. The molecule has 1 heterocycles. The van der Waals surface area contributed by atoms with Gasteiger partial charge in [0.15, 0.2) is 11.6 Å². The van der Waals surface area contributed by atoms with Crippen molar-refractivity contribution in [2.75, 3.05) is 0 Å². The number of aliphatic hydroxyl groups is 1. The van der Waals surface area contributed by atoms with E-state index in [9.17, 15) is 13.9 Å². The van der Waals surface area contributed by atoms with E-state index in [1.165, 1.54) is 0 Å². The first-order valence-electron chi connectivity index (χ1n) is 3.65. The highest BCUT2D eigenvalue weighted by Crippen LogP contribution is 2.46. The van der Waals surface area contributed by atoms with Crippen LogP contribution in [0.15, 0.2) is 12.4 Å². The van der Waals surface area contributed by atoms with E-state index in [-0.39, 0.29) is 5.56 Å². The molecule has 0 amide bonds. The Morgan fingerprint density at radius 2 is 1.75 bits per heavy atom. The Kier molecular flexibility index (Phi) is 1.41. The Morgan fingerprint density at radius 1 is 1.25 bits per heavy atom. The molecule has 0 aliphatic heterocycles. The molecular weight excluding hydrogens is 164 g/mol. The summed E-state index contributed by atoms with van der Waals surface area (Å²) in [4.78, 5) is 3.32. The second kappa shape index (κ2) is 2.23. The molecule has 4 heteroatoms. The Balaban J connectivity index is 2.55. The summed E-state index contributed by atoms with van der Waals surface area (Å²) in [5, 5.41) is 9.45. The van der Waals surface area contributed by atoms with Crippen LogP contribution in [0.3, 0.4) is 0 Å². The quantitative estimate of drug-likeness (QED) is 0.691. The zero-order valence-electron chi connectivity index (χ0n) is 6.22. The SMILES string of the molecule is OC1(c2c(F)cncc2F)CC1. The van der Waals surface area contributed by atoms with Gasteiger partial charge in [-0.1, -0.05) is 0 Å². The van der Waals surface area contributed by atoms with Gasteiger partial charge in [0.25, 0.3) is 0 Å². The fourth-order valence-corrected chi connectivity index (χ4v) is 1.22. The van der Waals surface area contributed by atoms with E-state index in [0.29, 0.717) is 12.8 Å². The van der Waals surface area contributed by atoms with E-state index in [0.717, 1.165) is 12.4 Å². The summed E-state index contributed by atoms with van der Waals surface area (Å²) in [5.74, 6) is -1.54. The predicted molar refractivity (Wildman–Crippen MR) is 37.3 cm³/mol. The van der Waals surface area contributed by atoms with Crippen molar-refractivity contribution in [1.29, 1.82) is 0 Å². The van der Waals surface area contributed by atoms with Crippen molar-refractivity contribution >= 4 is 0 Å².